The number of hydrogen-bond donors (Lipinski definition) is 2. The first-order valence-corrected chi connectivity index (χ1v) is 7.94. The number of benzene rings is 1. The van der Waals surface area contributed by atoms with Gasteiger partial charge in [-0.2, -0.15) is 0 Å². The minimum absolute atomic E-state index is 0.0172. The third-order valence-corrected chi connectivity index (χ3v) is 4.27. The van der Waals surface area contributed by atoms with E-state index >= 15 is 0 Å². The maximum Gasteiger partial charge on any atom is 0.227 e. The number of carbonyl (C=O) groups is 2. The Morgan fingerprint density at radius 3 is 2.87 bits per heavy atom. The van der Waals surface area contributed by atoms with Crippen molar-refractivity contribution in [2.24, 2.45) is 5.92 Å². The number of aliphatic hydroxyl groups excluding tert-OH is 1. The van der Waals surface area contributed by atoms with Gasteiger partial charge < -0.3 is 15.3 Å². The molecule has 1 aliphatic rings. The summed E-state index contributed by atoms with van der Waals surface area (Å²) in [5.74, 6) is -1.03. The quantitative estimate of drug-likeness (QED) is 0.838. The largest absolute Gasteiger partial charge is 0.396 e. The molecule has 0 spiro atoms. The summed E-state index contributed by atoms with van der Waals surface area (Å²) in [5.41, 5.74) is 1.09. The van der Waals surface area contributed by atoms with Crippen LogP contribution in [0, 0.1) is 18.7 Å². The summed E-state index contributed by atoms with van der Waals surface area (Å²) in [6.07, 6.45) is 1.38. The molecule has 2 N–H and O–H groups in total. The molecule has 6 heteroatoms. The van der Waals surface area contributed by atoms with E-state index in [1.165, 1.54) is 11.0 Å². The number of hydrogen-bond acceptors (Lipinski definition) is 3. The van der Waals surface area contributed by atoms with Crippen molar-refractivity contribution in [3.05, 3.63) is 29.6 Å². The molecule has 2 atom stereocenters. The maximum atomic E-state index is 13.4. The highest BCUT2D eigenvalue weighted by atomic mass is 19.1. The number of aliphatic hydroxyl groups is 1. The summed E-state index contributed by atoms with van der Waals surface area (Å²) in [7, 11) is 0. The zero-order valence-corrected chi connectivity index (χ0v) is 13.5. The van der Waals surface area contributed by atoms with Crippen LogP contribution in [0.2, 0.25) is 0 Å². The maximum absolute atomic E-state index is 13.4. The fourth-order valence-corrected chi connectivity index (χ4v) is 2.78. The highest BCUT2D eigenvalue weighted by molar-refractivity contribution is 6.00. The van der Waals surface area contributed by atoms with Gasteiger partial charge in [0.1, 0.15) is 5.82 Å². The minimum atomic E-state index is -0.416. The number of anilines is 1. The van der Waals surface area contributed by atoms with Crippen LogP contribution in [-0.4, -0.2) is 36.1 Å². The lowest BCUT2D eigenvalue weighted by Gasteiger charge is -2.20. The van der Waals surface area contributed by atoms with Crippen LogP contribution >= 0.6 is 0 Å². The summed E-state index contributed by atoms with van der Waals surface area (Å²) in [5, 5.41) is 11.9. The Bertz CT molecular complexity index is 591. The molecular weight excluding hydrogens is 299 g/mol. The molecule has 1 fully saturated rings. The SMILES string of the molecule is CCC(CCO)NC(=O)C1CC(=O)N(c2ccc(F)c(C)c2)C1. The number of halogens is 1. The number of rotatable bonds is 6. The number of nitrogens with one attached hydrogen (secondary N) is 1. The van der Waals surface area contributed by atoms with Crippen molar-refractivity contribution in [1.82, 2.24) is 5.32 Å². The van der Waals surface area contributed by atoms with Gasteiger partial charge >= 0.3 is 0 Å². The van der Waals surface area contributed by atoms with Gasteiger partial charge in [-0.25, -0.2) is 4.39 Å². The van der Waals surface area contributed by atoms with Crippen molar-refractivity contribution in [2.45, 2.75) is 39.2 Å². The average molecular weight is 322 g/mol. The fourth-order valence-electron chi connectivity index (χ4n) is 2.78. The van der Waals surface area contributed by atoms with E-state index in [-0.39, 0.29) is 36.7 Å². The first kappa shape index (κ1) is 17.4. The second kappa shape index (κ2) is 7.55. The molecule has 2 rings (SSSR count). The van der Waals surface area contributed by atoms with Gasteiger partial charge in [0, 0.05) is 31.3 Å². The lowest BCUT2D eigenvalue weighted by Crippen LogP contribution is -2.40. The fraction of sp³-hybridized carbons (Fsp3) is 0.529. The summed E-state index contributed by atoms with van der Waals surface area (Å²) >= 11 is 0. The Balaban J connectivity index is 2.04. The predicted molar refractivity (Wildman–Crippen MR) is 85.5 cm³/mol. The Kier molecular flexibility index (Phi) is 5.71. The molecule has 1 heterocycles. The molecule has 5 nitrogen and oxygen atoms in total. The van der Waals surface area contributed by atoms with Crippen LogP contribution in [-0.2, 0) is 9.59 Å². The van der Waals surface area contributed by atoms with E-state index in [0.717, 1.165) is 6.42 Å². The van der Waals surface area contributed by atoms with Gasteiger partial charge in [-0.1, -0.05) is 6.92 Å². The molecule has 2 unspecified atom stereocenters. The van der Waals surface area contributed by atoms with Gasteiger partial charge in [-0.15, -0.1) is 0 Å². The first-order valence-electron chi connectivity index (χ1n) is 7.94. The van der Waals surface area contributed by atoms with Gasteiger partial charge in [0.05, 0.1) is 5.92 Å². The van der Waals surface area contributed by atoms with Crippen molar-refractivity contribution in [2.75, 3.05) is 18.1 Å². The zero-order valence-electron chi connectivity index (χ0n) is 13.5. The van der Waals surface area contributed by atoms with E-state index in [1.54, 1.807) is 19.1 Å². The number of aryl methyl sites for hydroxylation is 1. The molecule has 2 amide bonds. The van der Waals surface area contributed by atoms with E-state index < -0.39 is 5.92 Å². The summed E-state index contributed by atoms with van der Waals surface area (Å²) in [4.78, 5) is 26.0. The second-order valence-corrected chi connectivity index (χ2v) is 5.96. The zero-order chi connectivity index (χ0) is 17.0. The highest BCUT2D eigenvalue weighted by Crippen LogP contribution is 2.26. The molecule has 0 saturated carbocycles. The number of nitrogens with zero attached hydrogens (tertiary/aromatic N) is 1. The average Bonchev–Trinajstić information content (AvgIpc) is 2.91. The molecule has 0 radical (unpaired) electrons. The molecule has 1 aromatic rings. The molecular formula is C17H23FN2O3. The van der Waals surface area contributed by atoms with Crippen molar-refractivity contribution in [3.8, 4) is 0 Å². The second-order valence-electron chi connectivity index (χ2n) is 5.96. The Hall–Kier alpha value is -1.95. The van der Waals surface area contributed by atoms with Crippen LogP contribution in [0.15, 0.2) is 18.2 Å². The molecule has 1 aliphatic heterocycles. The standard InChI is InChI=1S/C17H23FN2O3/c1-3-13(6-7-21)19-17(23)12-9-16(22)20(10-12)14-4-5-15(18)11(2)8-14/h4-5,8,12-13,21H,3,6-7,9-10H2,1-2H3,(H,19,23). The van der Waals surface area contributed by atoms with Crippen LogP contribution in [0.5, 0.6) is 0 Å². The highest BCUT2D eigenvalue weighted by Gasteiger charge is 2.35. The van der Waals surface area contributed by atoms with Crippen molar-refractivity contribution < 1.29 is 19.1 Å². The Labute approximate surface area is 135 Å². The van der Waals surface area contributed by atoms with Gasteiger partial charge in [0.25, 0.3) is 0 Å². The molecule has 1 saturated heterocycles. The van der Waals surface area contributed by atoms with Gasteiger partial charge in [-0.05, 0) is 43.5 Å². The Morgan fingerprint density at radius 1 is 1.52 bits per heavy atom. The van der Waals surface area contributed by atoms with Crippen molar-refractivity contribution in [1.29, 1.82) is 0 Å². The monoisotopic (exact) mass is 322 g/mol. The number of amides is 2. The first-order chi connectivity index (χ1) is 11.0. The topological polar surface area (TPSA) is 69.6 Å². The van der Waals surface area contributed by atoms with Crippen LogP contribution in [0.25, 0.3) is 0 Å². The van der Waals surface area contributed by atoms with E-state index in [0.29, 0.717) is 24.2 Å². The summed E-state index contributed by atoms with van der Waals surface area (Å²) in [6.45, 7) is 3.90. The van der Waals surface area contributed by atoms with Gasteiger partial charge in [0.15, 0.2) is 0 Å². The van der Waals surface area contributed by atoms with Crippen molar-refractivity contribution >= 4 is 17.5 Å². The molecule has 23 heavy (non-hydrogen) atoms. The van der Waals surface area contributed by atoms with Crippen LogP contribution in [0.4, 0.5) is 10.1 Å². The molecule has 0 aromatic heterocycles. The van der Waals surface area contributed by atoms with Gasteiger partial charge in [0.2, 0.25) is 11.8 Å². The molecule has 126 valence electrons. The van der Waals surface area contributed by atoms with Crippen LogP contribution < -0.4 is 10.2 Å². The normalized spacial score (nSPS) is 19.0. The molecule has 1 aromatic carbocycles. The van der Waals surface area contributed by atoms with E-state index in [1.807, 2.05) is 6.92 Å². The predicted octanol–water partition coefficient (Wildman–Crippen LogP) is 1.76. The van der Waals surface area contributed by atoms with Crippen LogP contribution in [0.3, 0.4) is 0 Å². The van der Waals surface area contributed by atoms with E-state index in [4.69, 9.17) is 5.11 Å². The molecule has 0 bridgehead atoms. The van der Waals surface area contributed by atoms with Crippen LogP contribution in [0.1, 0.15) is 31.7 Å². The summed E-state index contributed by atoms with van der Waals surface area (Å²) in [6, 6.07) is 4.43. The summed E-state index contributed by atoms with van der Waals surface area (Å²) < 4.78 is 13.4. The third kappa shape index (κ3) is 4.07. The minimum Gasteiger partial charge on any atom is -0.396 e. The third-order valence-electron chi connectivity index (χ3n) is 4.27. The van der Waals surface area contributed by atoms with E-state index in [9.17, 15) is 14.0 Å². The number of carbonyl (C=O) groups excluding carboxylic acids is 2. The van der Waals surface area contributed by atoms with E-state index in [2.05, 4.69) is 5.32 Å². The lowest BCUT2D eigenvalue weighted by atomic mass is 10.1. The smallest absolute Gasteiger partial charge is 0.227 e. The Morgan fingerprint density at radius 2 is 2.26 bits per heavy atom. The van der Waals surface area contributed by atoms with Crippen molar-refractivity contribution in [3.63, 3.8) is 0 Å². The lowest BCUT2D eigenvalue weighted by molar-refractivity contribution is -0.127. The van der Waals surface area contributed by atoms with Gasteiger partial charge in [-0.3, -0.25) is 9.59 Å². The molecule has 0 aliphatic carbocycles.